The first-order valence-electron chi connectivity index (χ1n) is 12.8. The molecule has 4 fully saturated rings. The van der Waals surface area contributed by atoms with Crippen molar-refractivity contribution >= 4 is 11.6 Å². The third-order valence-electron chi connectivity index (χ3n) is 8.06. The van der Waals surface area contributed by atoms with Crippen molar-refractivity contribution in [2.45, 2.75) is 50.8 Å². The lowest BCUT2D eigenvalue weighted by Gasteiger charge is -2.57. The highest BCUT2D eigenvalue weighted by atomic mass is 19.4. The van der Waals surface area contributed by atoms with Gasteiger partial charge >= 0.3 is 6.18 Å². The Bertz CT molecular complexity index is 1050. The second-order valence-corrected chi connectivity index (χ2v) is 11.0. The van der Waals surface area contributed by atoms with Gasteiger partial charge in [0.1, 0.15) is 18.5 Å². The Morgan fingerprint density at radius 1 is 1.03 bits per heavy atom. The van der Waals surface area contributed by atoms with Crippen LogP contribution in [0.25, 0.3) is 0 Å². The van der Waals surface area contributed by atoms with Gasteiger partial charge in [0.15, 0.2) is 0 Å². The molecule has 4 aliphatic carbocycles. The molecule has 0 saturated heterocycles. The van der Waals surface area contributed by atoms with E-state index in [1.165, 1.54) is 56.7 Å². The summed E-state index contributed by atoms with van der Waals surface area (Å²) in [7, 11) is 0. The summed E-state index contributed by atoms with van der Waals surface area (Å²) < 4.78 is 44.7. The smallest absolute Gasteiger partial charge is 0.416 e. The number of aliphatic hydroxyl groups excluding tert-OH is 1. The summed E-state index contributed by atoms with van der Waals surface area (Å²) in [4.78, 5) is 12.8. The lowest BCUT2D eigenvalue weighted by Crippen LogP contribution is -2.51. The Kier molecular flexibility index (Phi) is 7.01. The number of alkyl halides is 3. The summed E-state index contributed by atoms with van der Waals surface area (Å²) in [6.45, 7) is 1.33. The minimum absolute atomic E-state index is 0.00171. The standard InChI is InChI=1S/C28H33F3N2O3/c29-28(30,31)21-4-3-5-22(11-21)33-26(35)24-6-1-2-7-25(24)36-16-23(34)15-32-17-27-12-18-8-19(13-27)10-20(9-18)14-27/h1-7,11,18-20,23,32,34H,8-10,12-17H2,(H,33,35). The number of anilines is 1. The van der Waals surface area contributed by atoms with E-state index in [4.69, 9.17) is 4.74 Å². The quantitative estimate of drug-likeness (QED) is 0.423. The van der Waals surface area contributed by atoms with Crippen molar-refractivity contribution in [3.63, 3.8) is 0 Å². The van der Waals surface area contributed by atoms with E-state index in [0.717, 1.165) is 36.4 Å². The van der Waals surface area contributed by atoms with Crippen LogP contribution >= 0.6 is 0 Å². The average molecular weight is 503 g/mol. The Balaban J connectivity index is 1.13. The fourth-order valence-electron chi connectivity index (χ4n) is 7.01. The first kappa shape index (κ1) is 25.1. The molecule has 4 aliphatic rings. The molecule has 0 aromatic heterocycles. The zero-order chi connectivity index (χ0) is 25.3. The zero-order valence-electron chi connectivity index (χ0n) is 20.2. The highest BCUT2D eigenvalue weighted by Crippen LogP contribution is 2.59. The van der Waals surface area contributed by atoms with E-state index in [1.54, 1.807) is 18.2 Å². The lowest BCUT2D eigenvalue weighted by molar-refractivity contribution is -0.137. The first-order chi connectivity index (χ1) is 17.2. The molecule has 0 radical (unpaired) electrons. The summed E-state index contributed by atoms with van der Waals surface area (Å²) >= 11 is 0. The number of rotatable bonds is 9. The van der Waals surface area contributed by atoms with Gasteiger partial charge in [-0.15, -0.1) is 0 Å². The van der Waals surface area contributed by atoms with Crippen molar-refractivity contribution < 1.29 is 27.8 Å². The van der Waals surface area contributed by atoms with Crippen molar-refractivity contribution in [2.75, 3.05) is 25.0 Å². The van der Waals surface area contributed by atoms with E-state index in [9.17, 15) is 23.1 Å². The van der Waals surface area contributed by atoms with E-state index in [0.29, 0.717) is 12.0 Å². The molecule has 1 atom stereocenters. The van der Waals surface area contributed by atoms with Gasteiger partial charge in [-0.2, -0.15) is 13.2 Å². The molecule has 2 aromatic carbocycles. The number of ether oxygens (including phenoxy) is 1. The Morgan fingerprint density at radius 3 is 2.36 bits per heavy atom. The van der Waals surface area contributed by atoms with Crippen LogP contribution in [0.4, 0.5) is 18.9 Å². The molecule has 1 unspecified atom stereocenters. The molecule has 0 aliphatic heterocycles. The zero-order valence-corrected chi connectivity index (χ0v) is 20.2. The van der Waals surface area contributed by atoms with Crippen molar-refractivity contribution in [3.05, 3.63) is 59.7 Å². The van der Waals surface area contributed by atoms with Gasteiger partial charge in [-0.05, 0) is 92.0 Å². The second-order valence-electron chi connectivity index (χ2n) is 11.0. The van der Waals surface area contributed by atoms with Gasteiger partial charge in [0.25, 0.3) is 5.91 Å². The maximum Gasteiger partial charge on any atom is 0.416 e. The van der Waals surface area contributed by atoms with Crippen LogP contribution in [0.2, 0.25) is 0 Å². The minimum atomic E-state index is -4.50. The van der Waals surface area contributed by atoms with Crippen molar-refractivity contribution in [3.8, 4) is 5.75 Å². The van der Waals surface area contributed by atoms with Gasteiger partial charge < -0.3 is 20.5 Å². The Morgan fingerprint density at radius 2 is 1.69 bits per heavy atom. The number of aliphatic hydroxyl groups is 1. The van der Waals surface area contributed by atoms with Crippen LogP contribution in [-0.4, -0.2) is 36.8 Å². The van der Waals surface area contributed by atoms with E-state index in [2.05, 4.69) is 10.6 Å². The number of hydrogen-bond donors (Lipinski definition) is 3. The molecule has 3 N–H and O–H groups in total. The molecule has 0 spiro atoms. The number of carbonyl (C=O) groups is 1. The normalized spacial score (nSPS) is 27.6. The SMILES string of the molecule is O=C(Nc1cccc(C(F)(F)F)c1)c1ccccc1OCC(O)CNCC12CC3CC(CC(C3)C1)C2. The number of benzene rings is 2. The highest BCUT2D eigenvalue weighted by molar-refractivity contribution is 6.06. The topological polar surface area (TPSA) is 70.6 Å². The summed E-state index contributed by atoms with van der Waals surface area (Å²) in [6, 6.07) is 11.0. The Labute approximate surface area is 209 Å². The minimum Gasteiger partial charge on any atom is -0.490 e. The summed E-state index contributed by atoms with van der Waals surface area (Å²) in [5, 5.41) is 16.5. The number of hydrogen-bond acceptors (Lipinski definition) is 4. The molecule has 8 heteroatoms. The molecular weight excluding hydrogens is 469 g/mol. The lowest BCUT2D eigenvalue weighted by atomic mass is 9.49. The predicted molar refractivity (Wildman–Crippen MR) is 131 cm³/mol. The van der Waals surface area contributed by atoms with Crippen LogP contribution in [0.5, 0.6) is 5.75 Å². The van der Waals surface area contributed by atoms with E-state index < -0.39 is 23.8 Å². The van der Waals surface area contributed by atoms with Gasteiger partial charge in [-0.1, -0.05) is 18.2 Å². The molecule has 1 amide bonds. The van der Waals surface area contributed by atoms with Crippen molar-refractivity contribution in [2.24, 2.45) is 23.2 Å². The van der Waals surface area contributed by atoms with Gasteiger partial charge in [0.2, 0.25) is 0 Å². The summed E-state index contributed by atoms with van der Waals surface area (Å²) in [5.74, 6) is 2.32. The van der Waals surface area contributed by atoms with E-state index in [-0.39, 0.29) is 23.6 Å². The third kappa shape index (κ3) is 5.70. The van der Waals surface area contributed by atoms with Gasteiger partial charge in [0, 0.05) is 18.8 Å². The molecule has 6 rings (SSSR count). The van der Waals surface area contributed by atoms with E-state index in [1.807, 2.05) is 0 Å². The number of para-hydroxylation sites is 1. The number of carbonyl (C=O) groups excluding carboxylic acids is 1. The molecule has 194 valence electrons. The van der Waals surface area contributed by atoms with E-state index >= 15 is 0 Å². The second kappa shape index (κ2) is 10.1. The first-order valence-corrected chi connectivity index (χ1v) is 12.8. The van der Waals surface area contributed by atoms with Crippen LogP contribution in [-0.2, 0) is 6.18 Å². The average Bonchev–Trinajstić information content (AvgIpc) is 2.81. The largest absolute Gasteiger partial charge is 0.490 e. The number of nitrogens with one attached hydrogen (secondary N) is 2. The maximum absolute atomic E-state index is 13.0. The predicted octanol–water partition coefficient (Wildman–Crippen LogP) is 5.50. The van der Waals surface area contributed by atoms with Crippen LogP contribution in [0.15, 0.2) is 48.5 Å². The molecule has 4 bridgehead atoms. The van der Waals surface area contributed by atoms with Crippen molar-refractivity contribution in [1.82, 2.24) is 5.32 Å². The molecule has 2 aromatic rings. The fraction of sp³-hybridized carbons (Fsp3) is 0.536. The maximum atomic E-state index is 13.0. The van der Waals surface area contributed by atoms with Crippen molar-refractivity contribution in [1.29, 1.82) is 0 Å². The van der Waals surface area contributed by atoms with Gasteiger partial charge in [-0.3, -0.25) is 4.79 Å². The van der Waals surface area contributed by atoms with Crippen LogP contribution in [0.1, 0.15) is 54.4 Å². The summed E-state index contributed by atoms with van der Waals surface area (Å²) in [6.07, 6.45) is 2.84. The molecule has 36 heavy (non-hydrogen) atoms. The fourth-order valence-corrected chi connectivity index (χ4v) is 7.01. The molecular formula is C28H33F3N2O3. The van der Waals surface area contributed by atoms with Crippen LogP contribution < -0.4 is 15.4 Å². The number of halogens is 3. The third-order valence-corrected chi connectivity index (χ3v) is 8.06. The van der Waals surface area contributed by atoms with Gasteiger partial charge in [-0.25, -0.2) is 0 Å². The van der Waals surface area contributed by atoms with Crippen LogP contribution in [0.3, 0.4) is 0 Å². The van der Waals surface area contributed by atoms with Crippen LogP contribution in [0, 0.1) is 23.2 Å². The monoisotopic (exact) mass is 502 g/mol. The Hall–Kier alpha value is -2.58. The molecule has 0 heterocycles. The summed E-state index contributed by atoms with van der Waals surface area (Å²) in [5.41, 5.74) is -0.236. The highest BCUT2D eigenvalue weighted by Gasteiger charge is 2.50. The number of amides is 1. The molecule has 4 saturated carbocycles. The van der Waals surface area contributed by atoms with Gasteiger partial charge in [0.05, 0.1) is 11.1 Å². The molecule has 5 nitrogen and oxygen atoms in total.